The zero-order valence-corrected chi connectivity index (χ0v) is 13.9. The molecular weight excluding hydrogens is 306 g/mol. The van der Waals surface area contributed by atoms with Gasteiger partial charge in [-0.1, -0.05) is 18.2 Å². The fraction of sp³-hybridized carbons (Fsp3) is 0.444. The molecule has 0 radical (unpaired) electrons. The minimum Gasteiger partial charge on any atom is -0.504 e. The van der Waals surface area contributed by atoms with Gasteiger partial charge in [0, 0.05) is 7.05 Å². The molecule has 1 amide bonds. The van der Waals surface area contributed by atoms with E-state index in [9.17, 15) is 15.0 Å². The Hall–Kier alpha value is -2.50. The van der Waals surface area contributed by atoms with Gasteiger partial charge in [-0.05, 0) is 49.3 Å². The standard InChI is InChI=1S/C18H23N3O3/c1-18(10-16(24)21(2)17(19)20-18)13-5-3-4-11(8-13)12-6-7-14(22)15(23)9-12/h3,5,7-9,11-12,22-23H,4,6,10H2,1-2H3,(H2,19,20). The summed E-state index contributed by atoms with van der Waals surface area (Å²) in [6.07, 6.45) is 11.3. The maximum absolute atomic E-state index is 12.2. The van der Waals surface area contributed by atoms with Crippen LogP contribution in [0, 0.1) is 11.8 Å². The summed E-state index contributed by atoms with van der Waals surface area (Å²) in [5.41, 5.74) is 6.19. The Balaban J connectivity index is 1.88. The van der Waals surface area contributed by atoms with Gasteiger partial charge in [0.25, 0.3) is 0 Å². The average molecular weight is 329 g/mol. The van der Waals surface area contributed by atoms with Crippen molar-refractivity contribution in [2.45, 2.75) is 31.7 Å². The Bertz CT molecular complexity index is 717. The number of nitrogens with zero attached hydrogens (tertiary/aromatic N) is 2. The molecule has 6 nitrogen and oxygen atoms in total. The molecule has 0 aromatic rings. The van der Waals surface area contributed by atoms with Crippen LogP contribution < -0.4 is 5.73 Å². The molecule has 0 aromatic heterocycles. The van der Waals surface area contributed by atoms with Gasteiger partial charge in [-0.25, -0.2) is 4.99 Å². The van der Waals surface area contributed by atoms with Crippen molar-refractivity contribution in [3.8, 4) is 0 Å². The molecule has 1 heterocycles. The van der Waals surface area contributed by atoms with Crippen molar-refractivity contribution in [1.82, 2.24) is 4.90 Å². The number of aliphatic hydroxyl groups is 2. The van der Waals surface area contributed by atoms with Crippen molar-refractivity contribution >= 4 is 11.9 Å². The molecule has 4 N–H and O–H groups in total. The number of allylic oxidation sites excluding steroid dienone is 4. The van der Waals surface area contributed by atoms with E-state index < -0.39 is 5.54 Å². The predicted molar refractivity (Wildman–Crippen MR) is 92.3 cm³/mol. The van der Waals surface area contributed by atoms with Gasteiger partial charge in [0.15, 0.2) is 17.5 Å². The summed E-state index contributed by atoms with van der Waals surface area (Å²) in [6, 6.07) is 0. The number of aliphatic imine (C=N–C) groups is 1. The van der Waals surface area contributed by atoms with Gasteiger partial charge in [0.1, 0.15) is 0 Å². The van der Waals surface area contributed by atoms with Crippen molar-refractivity contribution in [3.05, 3.63) is 47.5 Å². The molecule has 3 aliphatic rings. The lowest BCUT2D eigenvalue weighted by molar-refractivity contribution is -0.128. The van der Waals surface area contributed by atoms with Crippen LogP contribution in [0.4, 0.5) is 0 Å². The first-order chi connectivity index (χ1) is 11.3. The van der Waals surface area contributed by atoms with Crippen LogP contribution in [0.1, 0.15) is 26.2 Å². The molecule has 128 valence electrons. The third kappa shape index (κ3) is 2.84. The quantitative estimate of drug-likeness (QED) is 0.724. The van der Waals surface area contributed by atoms with Crippen molar-refractivity contribution in [3.63, 3.8) is 0 Å². The highest BCUT2D eigenvalue weighted by atomic mass is 16.3. The Morgan fingerprint density at radius 3 is 2.62 bits per heavy atom. The lowest BCUT2D eigenvalue weighted by Crippen LogP contribution is -2.49. The zero-order valence-electron chi connectivity index (χ0n) is 13.9. The molecule has 3 atom stereocenters. The van der Waals surface area contributed by atoms with Gasteiger partial charge in [-0.2, -0.15) is 0 Å². The summed E-state index contributed by atoms with van der Waals surface area (Å²) in [6.45, 7) is 1.92. The Morgan fingerprint density at radius 1 is 1.25 bits per heavy atom. The van der Waals surface area contributed by atoms with E-state index in [0.717, 1.165) is 12.0 Å². The minimum atomic E-state index is -0.665. The molecule has 0 saturated carbocycles. The number of guanidine groups is 1. The van der Waals surface area contributed by atoms with E-state index in [1.807, 2.05) is 13.0 Å². The monoisotopic (exact) mass is 329 g/mol. The van der Waals surface area contributed by atoms with Crippen molar-refractivity contribution in [1.29, 1.82) is 0 Å². The van der Waals surface area contributed by atoms with Gasteiger partial charge >= 0.3 is 0 Å². The van der Waals surface area contributed by atoms with E-state index in [1.165, 1.54) is 4.90 Å². The first kappa shape index (κ1) is 16.4. The van der Waals surface area contributed by atoms with Gasteiger partial charge in [-0.3, -0.25) is 9.69 Å². The highest BCUT2D eigenvalue weighted by Gasteiger charge is 2.38. The maximum Gasteiger partial charge on any atom is 0.231 e. The number of nitrogens with two attached hydrogens (primary N) is 1. The van der Waals surface area contributed by atoms with E-state index in [-0.39, 0.29) is 41.6 Å². The van der Waals surface area contributed by atoms with Crippen LogP contribution in [0.2, 0.25) is 0 Å². The maximum atomic E-state index is 12.2. The van der Waals surface area contributed by atoms with E-state index in [2.05, 4.69) is 17.1 Å². The van der Waals surface area contributed by atoms with E-state index in [4.69, 9.17) is 5.73 Å². The van der Waals surface area contributed by atoms with E-state index >= 15 is 0 Å². The number of rotatable bonds is 2. The normalized spacial score (nSPS) is 33.6. The first-order valence-electron chi connectivity index (χ1n) is 8.11. The highest BCUT2D eigenvalue weighted by molar-refractivity contribution is 5.99. The number of carbonyl (C=O) groups is 1. The summed E-state index contributed by atoms with van der Waals surface area (Å²) >= 11 is 0. The van der Waals surface area contributed by atoms with Crippen LogP contribution in [0.25, 0.3) is 0 Å². The van der Waals surface area contributed by atoms with E-state index in [0.29, 0.717) is 6.42 Å². The molecule has 0 bridgehead atoms. The molecular formula is C18H23N3O3. The predicted octanol–water partition coefficient (Wildman–Crippen LogP) is 2.33. The van der Waals surface area contributed by atoms with Crippen molar-refractivity contribution in [2.75, 3.05) is 7.05 Å². The number of carbonyl (C=O) groups excluding carboxylic acids is 1. The first-order valence-corrected chi connectivity index (χ1v) is 8.11. The van der Waals surface area contributed by atoms with Crippen molar-refractivity contribution in [2.24, 2.45) is 22.6 Å². The second kappa shape index (κ2) is 5.85. The molecule has 0 fully saturated rings. The molecule has 3 rings (SSSR count). The summed E-state index contributed by atoms with van der Waals surface area (Å²) in [5.74, 6) is 0.329. The fourth-order valence-electron chi connectivity index (χ4n) is 3.45. The van der Waals surface area contributed by atoms with Crippen LogP contribution in [-0.2, 0) is 4.79 Å². The minimum absolute atomic E-state index is 0.0514. The largest absolute Gasteiger partial charge is 0.504 e. The highest BCUT2D eigenvalue weighted by Crippen LogP contribution is 2.38. The molecule has 2 aliphatic carbocycles. The number of hydrogen-bond acceptors (Lipinski definition) is 5. The third-order valence-corrected chi connectivity index (χ3v) is 5.06. The molecule has 24 heavy (non-hydrogen) atoms. The molecule has 6 heteroatoms. The van der Waals surface area contributed by atoms with Crippen LogP contribution in [0.15, 0.2) is 52.5 Å². The zero-order chi connectivity index (χ0) is 17.5. The number of hydrogen-bond donors (Lipinski definition) is 3. The lowest BCUT2D eigenvalue weighted by atomic mass is 9.76. The molecule has 0 saturated heterocycles. The van der Waals surface area contributed by atoms with Crippen LogP contribution in [-0.4, -0.2) is 39.6 Å². The third-order valence-electron chi connectivity index (χ3n) is 5.06. The summed E-state index contributed by atoms with van der Waals surface area (Å²) < 4.78 is 0. The summed E-state index contributed by atoms with van der Waals surface area (Å²) in [7, 11) is 1.63. The van der Waals surface area contributed by atoms with Crippen molar-refractivity contribution < 1.29 is 15.0 Å². The van der Waals surface area contributed by atoms with E-state index in [1.54, 1.807) is 19.2 Å². The van der Waals surface area contributed by atoms with Crippen LogP contribution in [0.3, 0.4) is 0 Å². The number of aliphatic hydroxyl groups excluding tert-OH is 2. The lowest BCUT2D eigenvalue weighted by Gasteiger charge is -2.36. The Labute approximate surface area is 141 Å². The molecule has 0 aromatic carbocycles. The summed E-state index contributed by atoms with van der Waals surface area (Å²) in [5, 5.41) is 19.3. The van der Waals surface area contributed by atoms with Gasteiger partial charge in [0.2, 0.25) is 5.91 Å². The Morgan fingerprint density at radius 2 is 1.96 bits per heavy atom. The molecule has 0 spiro atoms. The van der Waals surface area contributed by atoms with Gasteiger partial charge in [0.05, 0.1) is 12.0 Å². The van der Waals surface area contributed by atoms with Gasteiger partial charge in [-0.15, -0.1) is 0 Å². The van der Waals surface area contributed by atoms with Gasteiger partial charge < -0.3 is 15.9 Å². The molecule has 1 aliphatic heterocycles. The van der Waals surface area contributed by atoms with Crippen LogP contribution >= 0.6 is 0 Å². The summed E-state index contributed by atoms with van der Waals surface area (Å²) in [4.78, 5) is 18.1. The smallest absolute Gasteiger partial charge is 0.231 e. The molecule has 3 unspecified atom stereocenters. The fourth-order valence-corrected chi connectivity index (χ4v) is 3.45. The Kier molecular flexibility index (Phi) is 3.99. The SMILES string of the molecule is CN1C(=O)CC(C)(C2=CC(C3C=C(O)C(O)=CC3)CC=C2)N=C1N. The second-order valence-corrected chi connectivity index (χ2v) is 6.84. The van der Waals surface area contributed by atoms with Crippen LogP contribution in [0.5, 0.6) is 0 Å². The number of amides is 1. The second-order valence-electron chi connectivity index (χ2n) is 6.84. The average Bonchev–Trinajstić information content (AvgIpc) is 2.55. The topological polar surface area (TPSA) is 99.2 Å².